The van der Waals surface area contributed by atoms with Crippen molar-refractivity contribution in [3.05, 3.63) is 218 Å². The third-order valence-corrected chi connectivity index (χ3v) is 14.3. The fourth-order valence-electron chi connectivity index (χ4n) is 11.7. The van der Waals surface area contributed by atoms with Crippen LogP contribution in [0.2, 0.25) is 0 Å². The van der Waals surface area contributed by atoms with Gasteiger partial charge in [-0.15, -0.1) is 0 Å². The average Bonchev–Trinajstić information content (AvgIpc) is 3.88. The van der Waals surface area contributed by atoms with Gasteiger partial charge in [0.15, 0.2) is 0 Å². The highest BCUT2D eigenvalue weighted by Crippen LogP contribution is 2.61. The second-order valence-corrected chi connectivity index (χ2v) is 17.4. The lowest BCUT2D eigenvalue weighted by molar-refractivity contribution is 1.46. The lowest BCUT2D eigenvalue weighted by Gasteiger charge is -2.18. The van der Waals surface area contributed by atoms with E-state index in [2.05, 4.69) is 219 Å². The van der Waals surface area contributed by atoms with Crippen molar-refractivity contribution in [3.63, 3.8) is 0 Å². The number of aryl methyl sites for hydroxylation is 1. The molecule has 0 N–H and O–H groups in total. The van der Waals surface area contributed by atoms with Crippen molar-refractivity contribution in [2.24, 2.45) is 0 Å². The van der Waals surface area contributed by atoms with E-state index in [1.807, 2.05) is 0 Å². The molecule has 0 heteroatoms. The van der Waals surface area contributed by atoms with Gasteiger partial charge in [0.1, 0.15) is 0 Å². The van der Waals surface area contributed by atoms with Crippen LogP contribution in [0.25, 0.3) is 143 Å². The molecule has 12 aromatic carbocycles. The Hall–Kier alpha value is -8.06. The van der Waals surface area contributed by atoms with Crippen LogP contribution >= 0.6 is 0 Å². The van der Waals surface area contributed by atoms with Gasteiger partial charge < -0.3 is 0 Å². The highest BCUT2D eigenvalue weighted by molar-refractivity contribution is 6.41. The zero-order chi connectivity index (χ0) is 41.3. The topological polar surface area (TPSA) is 0 Å². The molecule has 0 fully saturated rings. The largest absolute Gasteiger partial charge is 0.0622 e. The van der Waals surface area contributed by atoms with Crippen LogP contribution in [-0.4, -0.2) is 0 Å². The third kappa shape index (κ3) is 4.70. The lowest BCUT2D eigenvalue weighted by atomic mass is 9.85. The van der Waals surface area contributed by atoms with Crippen molar-refractivity contribution >= 4 is 43.1 Å². The summed E-state index contributed by atoms with van der Waals surface area (Å²) in [5.74, 6) is 0. The molecule has 0 saturated heterocycles. The van der Waals surface area contributed by atoms with Crippen molar-refractivity contribution < 1.29 is 0 Å². The first kappa shape index (κ1) is 34.6. The molecule has 12 aromatic rings. The van der Waals surface area contributed by atoms with E-state index in [4.69, 9.17) is 0 Å². The quantitative estimate of drug-likeness (QED) is 0.120. The summed E-state index contributed by atoms with van der Waals surface area (Å²) in [7, 11) is 0. The first-order valence-corrected chi connectivity index (χ1v) is 22.1. The van der Waals surface area contributed by atoms with E-state index < -0.39 is 0 Å². The molecule has 0 radical (unpaired) electrons. The molecule has 0 bridgehead atoms. The molecule has 2 aliphatic rings. The predicted octanol–water partition coefficient (Wildman–Crippen LogP) is 17.7. The minimum atomic E-state index is 1.23. The van der Waals surface area contributed by atoms with Crippen molar-refractivity contribution in [1.82, 2.24) is 0 Å². The third-order valence-electron chi connectivity index (χ3n) is 14.3. The second-order valence-electron chi connectivity index (χ2n) is 17.4. The van der Waals surface area contributed by atoms with E-state index in [0.29, 0.717) is 0 Å². The molecule has 0 spiro atoms. The number of fused-ring (bicyclic) bond motifs is 8. The summed E-state index contributed by atoms with van der Waals surface area (Å²) in [4.78, 5) is 0. The van der Waals surface area contributed by atoms with Gasteiger partial charge >= 0.3 is 0 Å². The van der Waals surface area contributed by atoms with E-state index in [1.165, 1.54) is 149 Å². The zero-order valence-corrected chi connectivity index (χ0v) is 34.7. The summed E-state index contributed by atoms with van der Waals surface area (Å²) in [5, 5.41) is 10.7. The Balaban J connectivity index is 1.07. The first-order valence-electron chi connectivity index (χ1n) is 22.1. The molecule has 2 aliphatic carbocycles. The summed E-state index contributed by atoms with van der Waals surface area (Å²) in [6.07, 6.45) is 0. The van der Waals surface area contributed by atoms with Crippen LogP contribution in [0.5, 0.6) is 0 Å². The van der Waals surface area contributed by atoms with Crippen LogP contribution in [0.3, 0.4) is 0 Å². The van der Waals surface area contributed by atoms with Crippen molar-refractivity contribution in [2.75, 3.05) is 0 Å². The minimum absolute atomic E-state index is 1.23. The molecular weight excluding hydrogens is 757 g/mol. The molecule has 0 aliphatic heterocycles. The van der Waals surface area contributed by atoms with Gasteiger partial charge in [0.05, 0.1) is 0 Å². The highest BCUT2D eigenvalue weighted by atomic mass is 14.4. The van der Waals surface area contributed by atoms with E-state index in [9.17, 15) is 0 Å². The molecular formula is C63H38. The summed E-state index contributed by atoms with van der Waals surface area (Å²) in [5.41, 5.74) is 24.5. The van der Waals surface area contributed by atoms with Gasteiger partial charge in [0.25, 0.3) is 0 Å². The molecule has 63 heavy (non-hydrogen) atoms. The number of hydrogen-bond donors (Lipinski definition) is 0. The van der Waals surface area contributed by atoms with Crippen molar-refractivity contribution in [3.8, 4) is 100 Å². The Morgan fingerprint density at radius 2 is 0.492 bits per heavy atom. The van der Waals surface area contributed by atoms with Gasteiger partial charge in [-0.3, -0.25) is 0 Å². The highest BCUT2D eigenvalue weighted by Gasteiger charge is 2.33. The van der Waals surface area contributed by atoms with Gasteiger partial charge in [-0.1, -0.05) is 212 Å². The number of benzene rings is 12. The van der Waals surface area contributed by atoms with Gasteiger partial charge in [-0.25, -0.2) is 0 Å². The van der Waals surface area contributed by atoms with E-state index in [-0.39, 0.29) is 0 Å². The standard InChI is InChI=1S/C63H38/c1-37-15-11-12-22-41(37)46-27-25-43(39-18-7-3-8-19-39)56-52-33-29-48-49-30-34-53-57-44(40-20-9-4-10-21-40)26-28-47(45-24-14-13-23-42(45)38-16-5-2-6-17-38)61(57)55-36-32-51(59(49)63(53)55)50-31-35-54(60(46)56)62(52)58(48)50/h2-36H,1H3. The summed E-state index contributed by atoms with van der Waals surface area (Å²) in [6.45, 7) is 2.24. The maximum absolute atomic E-state index is 2.44. The van der Waals surface area contributed by atoms with Gasteiger partial charge in [0.2, 0.25) is 0 Å². The zero-order valence-electron chi connectivity index (χ0n) is 34.7. The number of hydrogen-bond acceptors (Lipinski definition) is 0. The number of rotatable bonds is 5. The van der Waals surface area contributed by atoms with Gasteiger partial charge in [-0.2, -0.15) is 0 Å². The first-order chi connectivity index (χ1) is 31.2. The second kappa shape index (κ2) is 13.0. The SMILES string of the molecule is Cc1ccccc1-c1ccc(-c2ccccc2)c2c1-c1ccc3c4ccc5c6c(ccc(c7ccc-2c1c73)c64)-c1c(-c2ccccc2)ccc(-c2ccccc2-c2ccccc2)c1-5. The average molecular weight is 795 g/mol. The summed E-state index contributed by atoms with van der Waals surface area (Å²) in [6, 6.07) is 79.5. The molecule has 290 valence electrons. The van der Waals surface area contributed by atoms with Gasteiger partial charge in [0, 0.05) is 0 Å². The van der Waals surface area contributed by atoms with Crippen molar-refractivity contribution in [2.45, 2.75) is 6.92 Å². The van der Waals surface area contributed by atoms with Crippen molar-refractivity contribution in [1.29, 1.82) is 0 Å². The Bertz CT molecular complexity index is 3850. The van der Waals surface area contributed by atoms with Crippen LogP contribution < -0.4 is 0 Å². The summed E-state index contributed by atoms with van der Waals surface area (Å²) >= 11 is 0. The fraction of sp³-hybridized carbons (Fsp3) is 0.0159. The van der Waals surface area contributed by atoms with Gasteiger partial charge in [-0.05, 0) is 156 Å². The van der Waals surface area contributed by atoms with Crippen LogP contribution in [0.15, 0.2) is 212 Å². The van der Waals surface area contributed by atoms with E-state index >= 15 is 0 Å². The Morgan fingerprint density at radius 3 is 0.921 bits per heavy atom. The van der Waals surface area contributed by atoms with E-state index in [0.717, 1.165) is 0 Å². The van der Waals surface area contributed by atoms with Crippen LogP contribution in [-0.2, 0) is 0 Å². The van der Waals surface area contributed by atoms with Crippen LogP contribution in [0.1, 0.15) is 5.56 Å². The van der Waals surface area contributed by atoms with Crippen LogP contribution in [0.4, 0.5) is 0 Å². The minimum Gasteiger partial charge on any atom is -0.0622 e. The molecule has 0 aromatic heterocycles. The molecule has 0 amide bonds. The molecule has 0 nitrogen and oxygen atoms in total. The molecule has 0 unspecified atom stereocenters. The predicted molar refractivity (Wildman–Crippen MR) is 268 cm³/mol. The smallest absolute Gasteiger partial charge is 0.00134 e. The lowest BCUT2D eigenvalue weighted by Crippen LogP contribution is -1.91. The maximum atomic E-state index is 2.44. The molecule has 14 rings (SSSR count). The Morgan fingerprint density at radius 1 is 0.190 bits per heavy atom. The molecule has 0 saturated carbocycles. The fourth-order valence-corrected chi connectivity index (χ4v) is 11.7. The monoisotopic (exact) mass is 794 g/mol. The maximum Gasteiger partial charge on any atom is -0.00134 e. The molecule has 0 atom stereocenters. The Kier molecular flexibility index (Phi) is 7.13. The molecule has 0 heterocycles. The Labute approximate surface area is 366 Å². The summed E-state index contributed by atoms with van der Waals surface area (Å²) < 4.78 is 0. The normalized spacial score (nSPS) is 12.2. The van der Waals surface area contributed by atoms with Crippen LogP contribution in [0, 0.1) is 6.92 Å². The van der Waals surface area contributed by atoms with E-state index in [1.54, 1.807) is 0 Å².